The highest BCUT2D eigenvalue weighted by Gasteiger charge is 2.21. The summed E-state index contributed by atoms with van der Waals surface area (Å²) < 4.78 is 8.54. The van der Waals surface area contributed by atoms with E-state index in [4.69, 9.17) is 11.6 Å². The summed E-state index contributed by atoms with van der Waals surface area (Å²) in [5.74, 6) is 0. The molecule has 1 saturated heterocycles. The molecule has 0 bridgehead atoms. The lowest BCUT2D eigenvalue weighted by atomic mass is 10.8. The summed E-state index contributed by atoms with van der Waals surface area (Å²) in [5, 5.41) is 0. The Hall–Kier alpha value is -0.440. The van der Waals surface area contributed by atoms with Crippen LogP contribution < -0.4 is 0 Å². The van der Waals surface area contributed by atoms with Crippen LogP contribution in [0.15, 0.2) is 0 Å². The van der Waals surface area contributed by atoms with E-state index in [-0.39, 0.29) is 6.61 Å². The predicted molar refractivity (Wildman–Crippen MR) is 22.1 cm³/mol. The molecular weight excluding hydrogens is 119 g/mol. The van der Waals surface area contributed by atoms with Crippen molar-refractivity contribution in [1.82, 2.24) is 0 Å². The van der Waals surface area contributed by atoms with E-state index in [9.17, 15) is 4.79 Å². The van der Waals surface area contributed by atoms with Gasteiger partial charge in [0, 0.05) is 0 Å². The summed E-state index contributed by atoms with van der Waals surface area (Å²) in [5.41, 5.74) is -0.576. The number of rotatable bonds is 0. The van der Waals surface area contributed by atoms with E-state index in [0.29, 0.717) is 0 Å². The zero-order chi connectivity index (χ0) is 5.28. The topological polar surface area (TPSA) is 35.5 Å². The zero-order valence-corrected chi connectivity index (χ0v) is 4.14. The Kier molecular flexibility index (Phi) is 1.06. The molecule has 4 heteroatoms. The molecule has 1 heterocycles. The molecule has 0 aliphatic carbocycles. The molecular formula is C3H3ClO3. The van der Waals surface area contributed by atoms with Crippen LogP contribution in [0.1, 0.15) is 0 Å². The lowest BCUT2D eigenvalue weighted by Crippen LogP contribution is -1.97. The number of hydrogen-bond donors (Lipinski definition) is 0. The monoisotopic (exact) mass is 122 g/mol. The van der Waals surface area contributed by atoms with Gasteiger partial charge < -0.3 is 9.47 Å². The fourth-order valence-corrected chi connectivity index (χ4v) is 0.442. The van der Waals surface area contributed by atoms with Gasteiger partial charge in [0.25, 0.3) is 0 Å². The van der Waals surface area contributed by atoms with Crippen molar-refractivity contribution in [3.05, 3.63) is 0 Å². The first-order chi connectivity index (χ1) is 3.29. The Balaban J connectivity index is 2.40. The Morgan fingerprint density at radius 2 is 2.57 bits per heavy atom. The standard InChI is InChI=1S/C3H3ClO3/c4-2-1-6-3(5)7-2/h2H,1H2/t2-/m1/s1. The lowest BCUT2D eigenvalue weighted by Gasteiger charge is -1.87. The fraction of sp³-hybridized carbons (Fsp3) is 0.667. The van der Waals surface area contributed by atoms with Crippen LogP contribution in [0, 0.1) is 0 Å². The van der Waals surface area contributed by atoms with Gasteiger partial charge in [-0.3, -0.25) is 0 Å². The van der Waals surface area contributed by atoms with Crippen LogP contribution in [0.3, 0.4) is 0 Å². The van der Waals surface area contributed by atoms with Gasteiger partial charge in [0.15, 0.2) is 0 Å². The quantitative estimate of drug-likeness (QED) is 0.351. The summed E-state index contributed by atoms with van der Waals surface area (Å²) in [6, 6.07) is 0. The van der Waals surface area contributed by atoms with Gasteiger partial charge in [-0.1, -0.05) is 11.6 Å². The SMILES string of the molecule is O=C1OC[C@H](Cl)O1. The van der Waals surface area contributed by atoms with Crippen LogP contribution >= 0.6 is 11.6 Å². The summed E-state index contributed by atoms with van der Waals surface area (Å²) in [4.78, 5) is 9.92. The second-order valence-corrected chi connectivity index (χ2v) is 1.58. The van der Waals surface area contributed by atoms with E-state index in [0.717, 1.165) is 0 Å². The van der Waals surface area contributed by atoms with Crippen molar-refractivity contribution in [2.45, 2.75) is 5.56 Å². The van der Waals surface area contributed by atoms with Gasteiger partial charge >= 0.3 is 6.16 Å². The van der Waals surface area contributed by atoms with E-state index in [1.54, 1.807) is 0 Å². The third-order valence-corrected chi connectivity index (χ3v) is 0.771. The molecule has 0 aromatic heterocycles. The van der Waals surface area contributed by atoms with E-state index >= 15 is 0 Å². The first-order valence-corrected chi connectivity index (χ1v) is 2.20. The Bertz CT molecular complexity index is 92.2. The van der Waals surface area contributed by atoms with Crippen LogP contribution in [0.4, 0.5) is 4.79 Å². The normalized spacial score (nSPS) is 29.3. The van der Waals surface area contributed by atoms with Gasteiger partial charge in [-0.15, -0.1) is 0 Å². The minimum absolute atomic E-state index is 0.167. The van der Waals surface area contributed by atoms with Crippen LogP contribution in [0.25, 0.3) is 0 Å². The van der Waals surface area contributed by atoms with Gasteiger partial charge in [0.1, 0.15) is 6.61 Å². The highest BCUT2D eigenvalue weighted by atomic mass is 35.5. The number of carbonyl (C=O) groups is 1. The number of alkyl halides is 1. The minimum Gasteiger partial charge on any atom is -0.429 e. The van der Waals surface area contributed by atoms with E-state index < -0.39 is 11.7 Å². The Morgan fingerprint density at radius 1 is 1.86 bits per heavy atom. The maximum Gasteiger partial charge on any atom is 0.510 e. The molecule has 0 saturated carbocycles. The zero-order valence-electron chi connectivity index (χ0n) is 3.39. The molecule has 40 valence electrons. The molecule has 1 fully saturated rings. The molecule has 1 rings (SSSR count). The highest BCUT2D eigenvalue weighted by Crippen LogP contribution is 2.08. The second-order valence-electron chi connectivity index (χ2n) is 1.09. The van der Waals surface area contributed by atoms with Crippen LogP contribution in [0.2, 0.25) is 0 Å². The number of ether oxygens (including phenoxy) is 2. The third kappa shape index (κ3) is 0.962. The first kappa shape index (κ1) is 4.71. The van der Waals surface area contributed by atoms with Crippen LogP contribution in [-0.2, 0) is 9.47 Å². The van der Waals surface area contributed by atoms with Crippen LogP contribution in [-0.4, -0.2) is 18.3 Å². The largest absolute Gasteiger partial charge is 0.510 e. The molecule has 0 spiro atoms. The van der Waals surface area contributed by atoms with Gasteiger partial charge in [-0.2, -0.15) is 0 Å². The predicted octanol–water partition coefficient (Wildman–Crippen LogP) is 0.718. The number of carbonyl (C=O) groups excluding carboxylic acids is 1. The number of cyclic esters (lactones) is 2. The summed E-state index contributed by atoms with van der Waals surface area (Å²) in [7, 11) is 0. The fourth-order valence-electron chi connectivity index (χ4n) is 0.306. The lowest BCUT2D eigenvalue weighted by molar-refractivity contribution is 0.128. The van der Waals surface area contributed by atoms with E-state index in [1.807, 2.05) is 0 Å². The van der Waals surface area contributed by atoms with Crippen LogP contribution in [0.5, 0.6) is 0 Å². The Labute approximate surface area is 45.2 Å². The maximum absolute atomic E-state index is 9.92. The molecule has 3 nitrogen and oxygen atoms in total. The molecule has 1 aliphatic heterocycles. The van der Waals surface area contributed by atoms with Crippen molar-refractivity contribution < 1.29 is 14.3 Å². The molecule has 1 atom stereocenters. The molecule has 0 aromatic rings. The molecule has 0 N–H and O–H groups in total. The molecule has 0 radical (unpaired) electrons. The Morgan fingerprint density at radius 3 is 2.71 bits per heavy atom. The molecule has 0 amide bonds. The number of halogens is 1. The summed E-state index contributed by atoms with van der Waals surface area (Å²) in [6.07, 6.45) is -0.681. The molecule has 1 aliphatic rings. The average molecular weight is 123 g/mol. The molecule has 0 aromatic carbocycles. The van der Waals surface area contributed by atoms with Gasteiger partial charge in [-0.05, 0) is 0 Å². The smallest absolute Gasteiger partial charge is 0.429 e. The summed E-state index contributed by atoms with van der Waals surface area (Å²) >= 11 is 5.24. The second kappa shape index (κ2) is 1.58. The van der Waals surface area contributed by atoms with Crippen molar-refractivity contribution in [3.8, 4) is 0 Å². The van der Waals surface area contributed by atoms with Gasteiger partial charge in [-0.25, -0.2) is 4.79 Å². The van der Waals surface area contributed by atoms with Crippen molar-refractivity contribution in [2.24, 2.45) is 0 Å². The molecule has 7 heavy (non-hydrogen) atoms. The van der Waals surface area contributed by atoms with Crippen molar-refractivity contribution in [3.63, 3.8) is 0 Å². The highest BCUT2D eigenvalue weighted by molar-refractivity contribution is 6.20. The van der Waals surface area contributed by atoms with Gasteiger partial charge in [0.05, 0.1) is 0 Å². The average Bonchev–Trinajstić information content (AvgIpc) is 1.87. The summed E-state index contributed by atoms with van der Waals surface area (Å²) in [6.45, 7) is 0.167. The van der Waals surface area contributed by atoms with Crippen molar-refractivity contribution in [1.29, 1.82) is 0 Å². The maximum atomic E-state index is 9.92. The minimum atomic E-state index is -0.681. The first-order valence-electron chi connectivity index (χ1n) is 1.76. The van der Waals surface area contributed by atoms with Gasteiger partial charge in [0.2, 0.25) is 5.56 Å². The van der Waals surface area contributed by atoms with Crippen molar-refractivity contribution in [2.75, 3.05) is 6.61 Å². The third-order valence-electron chi connectivity index (χ3n) is 0.556. The number of hydrogen-bond acceptors (Lipinski definition) is 3. The van der Waals surface area contributed by atoms with Crippen molar-refractivity contribution >= 4 is 17.8 Å². The van der Waals surface area contributed by atoms with E-state index in [2.05, 4.69) is 9.47 Å². The van der Waals surface area contributed by atoms with E-state index in [1.165, 1.54) is 0 Å². The molecule has 0 unspecified atom stereocenters.